The topological polar surface area (TPSA) is 58.2 Å². The molecule has 0 aromatic carbocycles. The van der Waals surface area contributed by atoms with Crippen molar-refractivity contribution in [1.82, 2.24) is 10.6 Å². The highest BCUT2D eigenvalue weighted by Crippen LogP contribution is 2.62. The Morgan fingerprint density at radius 2 is 0.862 bits per heavy atom. The van der Waals surface area contributed by atoms with E-state index in [0.29, 0.717) is 0 Å². The quantitative estimate of drug-likeness (QED) is 0.713. The smallest absolute Gasteiger partial charge is 0.231 e. The highest BCUT2D eigenvalue weighted by atomic mass is 32.2. The maximum absolute atomic E-state index is 13.2. The van der Waals surface area contributed by atoms with Crippen molar-refractivity contribution in [3.05, 3.63) is 10.1 Å². The standard InChI is InChI=1S/C24H32N2O2S/c27-21(23-7-13-1-14(8-23)3-15(2-13)9-23)25-19-20(29-19)26-22(28)24-10-16-4-17(11-24)6-18(5-16)12-24/h13-18H,1-12H2,(H,25,27)(H,26,28). The molecule has 0 atom stereocenters. The predicted octanol–water partition coefficient (Wildman–Crippen LogP) is 4.53. The van der Waals surface area contributed by atoms with E-state index in [1.54, 1.807) is 11.8 Å². The molecule has 0 saturated heterocycles. The molecule has 8 bridgehead atoms. The van der Waals surface area contributed by atoms with Crippen LogP contribution in [0.4, 0.5) is 0 Å². The molecule has 0 unspecified atom stereocenters. The molecule has 5 heteroatoms. The highest BCUT2D eigenvalue weighted by molar-refractivity contribution is 8.13. The number of hydrogen-bond acceptors (Lipinski definition) is 3. The highest BCUT2D eigenvalue weighted by Gasteiger charge is 2.56. The van der Waals surface area contributed by atoms with Crippen LogP contribution < -0.4 is 10.6 Å². The summed E-state index contributed by atoms with van der Waals surface area (Å²) in [4.78, 5) is 26.5. The average Bonchev–Trinajstić information content (AvgIpc) is 3.36. The van der Waals surface area contributed by atoms with E-state index >= 15 is 0 Å². The SMILES string of the molecule is O=C(NC1=C(NC(=O)C23CC4CC(CC(C4)C2)C3)S1)C12CC3CC(CC(C3)C1)C2. The first-order valence-corrected chi connectivity index (χ1v) is 12.9. The molecule has 0 spiro atoms. The third kappa shape index (κ3) is 2.71. The van der Waals surface area contributed by atoms with Crippen LogP contribution in [0.3, 0.4) is 0 Å². The average molecular weight is 413 g/mol. The molecule has 1 aliphatic heterocycles. The number of amides is 2. The molecule has 4 nitrogen and oxygen atoms in total. The molecule has 0 radical (unpaired) electrons. The zero-order valence-corrected chi connectivity index (χ0v) is 18.0. The first-order chi connectivity index (χ1) is 14.0. The fourth-order valence-electron chi connectivity index (χ4n) is 9.49. The van der Waals surface area contributed by atoms with Crippen molar-refractivity contribution in [2.45, 2.75) is 77.0 Å². The molecule has 1 heterocycles. The van der Waals surface area contributed by atoms with Gasteiger partial charge in [-0.2, -0.15) is 0 Å². The lowest BCUT2D eigenvalue weighted by Gasteiger charge is -2.55. The van der Waals surface area contributed by atoms with Gasteiger partial charge in [-0.1, -0.05) is 0 Å². The first kappa shape index (κ1) is 17.7. The van der Waals surface area contributed by atoms with E-state index < -0.39 is 0 Å². The van der Waals surface area contributed by atoms with Crippen molar-refractivity contribution in [1.29, 1.82) is 0 Å². The van der Waals surface area contributed by atoms with Crippen molar-refractivity contribution < 1.29 is 9.59 Å². The summed E-state index contributed by atoms with van der Waals surface area (Å²) in [6, 6.07) is 0. The van der Waals surface area contributed by atoms with Gasteiger partial charge in [0.15, 0.2) is 0 Å². The molecule has 8 aliphatic carbocycles. The second-order valence-corrected chi connectivity index (χ2v) is 13.1. The van der Waals surface area contributed by atoms with Crippen LogP contribution in [0.5, 0.6) is 0 Å². The predicted molar refractivity (Wildman–Crippen MR) is 112 cm³/mol. The van der Waals surface area contributed by atoms with Crippen LogP contribution in [-0.2, 0) is 9.59 Å². The van der Waals surface area contributed by atoms with E-state index in [2.05, 4.69) is 10.6 Å². The van der Waals surface area contributed by atoms with E-state index in [1.165, 1.54) is 38.5 Å². The molecule has 9 rings (SSSR count). The van der Waals surface area contributed by atoms with Crippen molar-refractivity contribution in [2.75, 3.05) is 0 Å². The maximum atomic E-state index is 13.2. The summed E-state index contributed by atoms with van der Waals surface area (Å²) in [5.74, 6) is 5.18. The molecule has 0 aromatic rings. The van der Waals surface area contributed by atoms with Crippen LogP contribution in [0.1, 0.15) is 77.0 Å². The number of carbonyl (C=O) groups is 2. The Morgan fingerprint density at radius 1 is 0.586 bits per heavy atom. The summed E-state index contributed by atoms with van der Waals surface area (Å²) in [6.07, 6.45) is 14.7. The van der Waals surface area contributed by atoms with Gasteiger partial charge in [0.25, 0.3) is 0 Å². The zero-order valence-electron chi connectivity index (χ0n) is 17.2. The molecule has 8 fully saturated rings. The van der Waals surface area contributed by atoms with Crippen molar-refractivity contribution in [3.63, 3.8) is 0 Å². The Kier molecular flexibility index (Phi) is 3.56. The second kappa shape index (κ2) is 5.83. The molecule has 29 heavy (non-hydrogen) atoms. The number of nitrogens with one attached hydrogen (secondary N) is 2. The van der Waals surface area contributed by atoms with Gasteiger partial charge in [-0.25, -0.2) is 0 Å². The van der Waals surface area contributed by atoms with Crippen LogP contribution in [0.15, 0.2) is 10.1 Å². The Balaban J connectivity index is 1.03. The normalized spacial score (nSPS) is 50.8. The molecule has 156 valence electrons. The van der Waals surface area contributed by atoms with Crippen molar-refractivity contribution in [3.8, 4) is 0 Å². The van der Waals surface area contributed by atoms with Crippen LogP contribution in [0, 0.1) is 46.3 Å². The van der Waals surface area contributed by atoms with E-state index in [9.17, 15) is 9.59 Å². The van der Waals surface area contributed by atoms with E-state index in [4.69, 9.17) is 0 Å². The van der Waals surface area contributed by atoms with Gasteiger partial charge in [-0.3, -0.25) is 9.59 Å². The fraction of sp³-hybridized carbons (Fsp3) is 0.833. The fourth-order valence-corrected chi connectivity index (χ4v) is 10.0. The summed E-state index contributed by atoms with van der Waals surface area (Å²) in [7, 11) is 0. The van der Waals surface area contributed by atoms with E-state index in [1.807, 2.05) is 0 Å². The van der Waals surface area contributed by atoms with Gasteiger partial charge >= 0.3 is 0 Å². The zero-order chi connectivity index (χ0) is 19.4. The molecular formula is C24H32N2O2S. The van der Waals surface area contributed by atoms with Gasteiger partial charge in [0, 0.05) is 0 Å². The monoisotopic (exact) mass is 412 g/mol. The molecule has 9 aliphatic rings. The Morgan fingerprint density at radius 3 is 1.14 bits per heavy atom. The van der Waals surface area contributed by atoms with Gasteiger partial charge in [0.05, 0.1) is 10.8 Å². The summed E-state index contributed by atoms with van der Waals surface area (Å²) >= 11 is 1.57. The van der Waals surface area contributed by atoms with Crippen LogP contribution in [0.2, 0.25) is 0 Å². The Labute approximate surface area is 177 Å². The van der Waals surface area contributed by atoms with Crippen LogP contribution >= 0.6 is 11.8 Å². The van der Waals surface area contributed by atoms with Crippen LogP contribution in [0.25, 0.3) is 0 Å². The van der Waals surface area contributed by atoms with Gasteiger partial charge in [0.1, 0.15) is 10.1 Å². The summed E-state index contributed by atoms with van der Waals surface area (Å²) < 4.78 is 0. The molecule has 8 saturated carbocycles. The summed E-state index contributed by atoms with van der Waals surface area (Å²) in [6.45, 7) is 0. The largest absolute Gasteiger partial charge is 0.318 e. The van der Waals surface area contributed by atoms with Crippen molar-refractivity contribution in [2.24, 2.45) is 46.3 Å². The number of thioether (sulfide) groups is 1. The van der Waals surface area contributed by atoms with Gasteiger partial charge < -0.3 is 10.6 Å². The lowest BCUT2D eigenvalue weighted by molar-refractivity contribution is -0.146. The summed E-state index contributed by atoms with van der Waals surface area (Å²) in [5, 5.41) is 8.30. The van der Waals surface area contributed by atoms with E-state index in [0.717, 1.165) is 84.1 Å². The van der Waals surface area contributed by atoms with E-state index in [-0.39, 0.29) is 22.6 Å². The van der Waals surface area contributed by atoms with Gasteiger partial charge in [-0.05, 0) is 124 Å². The molecular weight excluding hydrogens is 380 g/mol. The minimum absolute atomic E-state index is 0.111. The minimum Gasteiger partial charge on any atom is -0.318 e. The minimum atomic E-state index is -0.111. The molecule has 2 amide bonds. The number of rotatable bonds is 4. The summed E-state index contributed by atoms with van der Waals surface area (Å²) in [5.41, 5.74) is -0.222. The third-order valence-electron chi connectivity index (χ3n) is 9.86. The van der Waals surface area contributed by atoms with Gasteiger partial charge in [0.2, 0.25) is 11.8 Å². The van der Waals surface area contributed by atoms with Gasteiger partial charge in [-0.15, -0.1) is 0 Å². The molecule has 0 aromatic heterocycles. The third-order valence-corrected chi connectivity index (χ3v) is 10.7. The maximum Gasteiger partial charge on any atom is 0.231 e. The Bertz CT molecular complexity index is 694. The second-order valence-electron chi connectivity index (χ2n) is 12.1. The number of carbonyl (C=O) groups excluding carboxylic acids is 2. The van der Waals surface area contributed by atoms with Crippen LogP contribution in [-0.4, -0.2) is 11.8 Å². The number of hydrogen-bond donors (Lipinski definition) is 2. The molecule has 2 N–H and O–H groups in total. The lowest BCUT2D eigenvalue weighted by atomic mass is 9.49. The first-order valence-electron chi connectivity index (χ1n) is 12.0. The lowest BCUT2D eigenvalue weighted by Crippen LogP contribution is -2.53. The Hall–Kier alpha value is -0.970. The van der Waals surface area contributed by atoms with Crippen molar-refractivity contribution >= 4 is 23.6 Å².